The van der Waals surface area contributed by atoms with Crippen LogP contribution in [-0.4, -0.2) is 90.9 Å². The lowest BCUT2D eigenvalue weighted by Crippen LogP contribution is -2.28. The van der Waals surface area contributed by atoms with Gasteiger partial charge in [-0.15, -0.1) is 0 Å². The highest BCUT2D eigenvalue weighted by Crippen LogP contribution is 2.15. The maximum atomic E-state index is 5.92. The van der Waals surface area contributed by atoms with Crippen molar-refractivity contribution in [3.63, 3.8) is 0 Å². The molecule has 0 aromatic rings. The largest absolute Gasteiger partial charge is 0.379 e. The fourth-order valence-corrected chi connectivity index (χ4v) is 3.71. The van der Waals surface area contributed by atoms with Crippen LogP contribution in [0.1, 0.15) is 64.2 Å². The predicted octanol–water partition coefficient (Wildman–Crippen LogP) is 3.45. The summed E-state index contributed by atoms with van der Waals surface area (Å²) in [5, 5.41) is 0. The zero-order valence-electron chi connectivity index (χ0n) is 19.7. The Morgan fingerprint density at radius 1 is 0.656 bits per heavy atom. The van der Waals surface area contributed by atoms with Gasteiger partial charge in [0.1, 0.15) is 12.2 Å². The summed E-state index contributed by atoms with van der Waals surface area (Å²) in [5.41, 5.74) is 0. The van der Waals surface area contributed by atoms with Gasteiger partial charge in [0.2, 0.25) is 0 Å². The molecule has 3 atom stereocenters. The van der Waals surface area contributed by atoms with Crippen molar-refractivity contribution in [2.75, 3.05) is 66.1 Å². The third kappa shape index (κ3) is 12.8. The second-order valence-electron chi connectivity index (χ2n) is 8.81. The Balaban J connectivity index is 1.14. The highest BCUT2D eigenvalue weighted by Gasteiger charge is 2.24. The quantitative estimate of drug-likeness (QED) is 0.214. The average molecular weight is 461 g/mol. The SMILES string of the molecule is C(CCOC1CCCCO1)COCC(COCCCCOC1CCCCO1)OCC1CO1. The summed E-state index contributed by atoms with van der Waals surface area (Å²) in [5.74, 6) is 0. The molecule has 8 nitrogen and oxygen atoms in total. The lowest BCUT2D eigenvalue weighted by molar-refractivity contribution is -0.163. The normalized spacial score (nSPS) is 26.8. The minimum Gasteiger partial charge on any atom is -0.379 e. The van der Waals surface area contributed by atoms with Gasteiger partial charge in [0.25, 0.3) is 0 Å². The third-order valence-corrected chi connectivity index (χ3v) is 5.78. The molecule has 3 fully saturated rings. The summed E-state index contributed by atoms with van der Waals surface area (Å²) in [6.07, 6.45) is 10.8. The first kappa shape index (κ1) is 26.3. The molecule has 3 heterocycles. The molecule has 0 aromatic carbocycles. The van der Waals surface area contributed by atoms with E-state index < -0.39 is 0 Å². The van der Waals surface area contributed by atoms with Crippen LogP contribution in [0.4, 0.5) is 0 Å². The summed E-state index contributed by atoms with van der Waals surface area (Å²) in [6, 6.07) is 0. The number of hydrogen-bond donors (Lipinski definition) is 0. The first-order chi connectivity index (χ1) is 15.9. The van der Waals surface area contributed by atoms with Crippen molar-refractivity contribution in [3.05, 3.63) is 0 Å². The summed E-state index contributed by atoms with van der Waals surface area (Å²) >= 11 is 0. The molecule has 188 valence electrons. The van der Waals surface area contributed by atoms with Crippen LogP contribution in [0.25, 0.3) is 0 Å². The van der Waals surface area contributed by atoms with Crippen molar-refractivity contribution in [1.29, 1.82) is 0 Å². The third-order valence-electron chi connectivity index (χ3n) is 5.78. The van der Waals surface area contributed by atoms with Gasteiger partial charge in [0.05, 0.1) is 26.4 Å². The van der Waals surface area contributed by atoms with Crippen molar-refractivity contribution < 1.29 is 37.9 Å². The highest BCUT2D eigenvalue weighted by molar-refractivity contribution is 4.69. The van der Waals surface area contributed by atoms with Gasteiger partial charge in [-0.3, -0.25) is 0 Å². The molecule has 32 heavy (non-hydrogen) atoms. The lowest BCUT2D eigenvalue weighted by atomic mass is 10.2. The smallest absolute Gasteiger partial charge is 0.157 e. The minimum absolute atomic E-state index is 0.00334. The van der Waals surface area contributed by atoms with Gasteiger partial charge in [-0.1, -0.05) is 0 Å². The van der Waals surface area contributed by atoms with Crippen molar-refractivity contribution in [2.45, 2.75) is 89.0 Å². The van der Waals surface area contributed by atoms with Gasteiger partial charge in [-0.05, 0) is 64.2 Å². The lowest BCUT2D eigenvalue weighted by Gasteiger charge is -2.22. The van der Waals surface area contributed by atoms with Gasteiger partial charge in [0, 0.05) is 39.6 Å². The van der Waals surface area contributed by atoms with Crippen LogP contribution in [-0.2, 0) is 37.9 Å². The van der Waals surface area contributed by atoms with Gasteiger partial charge >= 0.3 is 0 Å². The molecule has 0 aromatic heterocycles. The molecular weight excluding hydrogens is 416 g/mol. The first-order valence-electron chi connectivity index (χ1n) is 12.8. The van der Waals surface area contributed by atoms with Crippen molar-refractivity contribution in [3.8, 4) is 0 Å². The minimum atomic E-state index is -0.0574. The number of hydrogen-bond acceptors (Lipinski definition) is 8. The van der Waals surface area contributed by atoms with Crippen molar-refractivity contribution in [1.82, 2.24) is 0 Å². The Morgan fingerprint density at radius 3 is 1.66 bits per heavy atom. The summed E-state index contributed by atoms with van der Waals surface area (Å²) < 4.78 is 45.5. The second kappa shape index (κ2) is 17.2. The predicted molar refractivity (Wildman–Crippen MR) is 119 cm³/mol. The van der Waals surface area contributed by atoms with Crippen LogP contribution in [0.5, 0.6) is 0 Å². The zero-order chi connectivity index (χ0) is 22.1. The zero-order valence-corrected chi connectivity index (χ0v) is 19.7. The molecule has 0 saturated carbocycles. The molecule has 8 heteroatoms. The van der Waals surface area contributed by atoms with Crippen molar-refractivity contribution in [2.24, 2.45) is 0 Å². The van der Waals surface area contributed by atoms with Crippen LogP contribution >= 0.6 is 0 Å². The monoisotopic (exact) mass is 460 g/mol. The van der Waals surface area contributed by atoms with Crippen LogP contribution < -0.4 is 0 Å². The van der Waals surface area contributed by atoms with Crippen LogP contribution in [0, 0.1) is 0 Å². The van der Waals surface area contributed by atoms with Crippen LogP contribution in [0.2, 0.25) is 0 Å². The van der Waals surface area contributed by atoms with E-state index in [0.29, 0.717) is 33.0 Å². The molecule has 0 N–H and O–H groups in total. The molecule has 3 rings (SSSR count). The van der Waals surface area contributed by atoms with E-state index in [-0.39, 0.29) is 24.8 Å². The molecule has 0 spiro atoms. The Hall–Kier alpha value is -0.320. The van der Waals surface area contributed by atoms with Crippen molar-refractivity contribution >= 4 is 0 Å². The summed E-state index contributed by atoms with van der Waals surface area (Å²) in [6.45, 7) is 7.01. The van der Waals surface area contributed by atoms with E-state index in [1.807, 2.05) is 0 Å². The van der Waals surface area contributed by atoms with E-state index in [4.69, 9.17) is 37.9 Å². The second-order valence-corrected chi connectivity index (χ2v) is 8.81. The number of unbranched alkanes of at least 4 members (excludes halogenated alkanes) is 2. The molecular formula is C24H44O8. The summed E-state index contributed by atoms with van der Waals surface area (Å²) in [4.78, 5) is 0. The Morgan fingerprint density at radius 2 is 1.19 bits per heavy atom. The molecule has 3 aliphatic rings. The maximum absolute atomic E-state index is 5.92. The molecule has 3 aliphatic heterocycles. The van der Waals surface area contributed by atoms with Crippen LogP contribution in [0.15, 0.2) is 0 Å². The molecule has 0 aliphatic carbocycles. The fourth-order valence-electron chi connectivity index (χ4n) is 3.71. The Bertz CT molecular complexity index is 404. The first-order valence-corrected chi connectivity index (χ1v) is 12.8. The summed E-state index contributed by atoms with van der Waals surface area (Å²) in [7, 11) is 0. The topological polar surface area (TPSA) is 77.1 Å². The van der Waals surface area contributed by atoms with E-state index >= 15 is 0 Å². The van der Waals surface area contributed by atoms with Gasteiger partial charge < -0.3 is 37.9 Å². The highest BCUT2D eigenvalue weighted by atomic mass is 16.7. The van der Waals surface area contributed by atoms with E-state index in [9.17, 15) is 0 Å². The Labute approximate surface area is 193 Å². The van der Waals surface area contributed by atoms with E-state index in [2.05, 4.69) is 0 Å². The van der Waals surface area contributed by atoms with E-state index in [1.165, 1.54) is 12.8 Å². The molecule has 3 unspecified atom stereocenters. The molecule has 3 saturated heterocycles. The molecule has 0 radical (unpaired) electrons. The van der Waals surface area contributed by atoms with Crippen LogP contribution in [0.3, 0.4) is 0 Å². The number of ether oxygens (including phenoxy) is 8. The maximum Gasteiger partial charge on any atom is 0.157 e. The number of epoxide rings is 1. The standard InChI is InChI=1S/C24H44O8/c1-3-13-27-23(9-1)29-15-7-5-11-25-17-21(31-19-22-20-32-22)18-26-12-6-8-16-30-24-10-2-4-14-28-24/h21-24H,1-20H2. The fraction of sp³-hybridized carbons (Fsp3) is 1.00. The van der Waals surface area contributed by atoms with E-state index in [0.717, 1.165) is 84.4 Å². The number of rotatable bonds is 19. The average Bonchev–Trinajstić information content (AvgIpc) is 3.66. The molecule has 0 bridgehead atoms. The van der Waals surface area contributed by atoms with Gasteiger partial charge in [-0.2, -0.15) is 0 Å². The van der Waals surface area contributed by atoms with Gasteiger partial charge in [-0.25, -0.2) is 0 Å². The Kier molecular flexibility index (Phi) is 14.1. The van der Waals surface area contributed by atoms with E-state index in [1.54, 1.807) is 0 Å². The molecule has 0 amide bonds. The van der Waals surface area contributed by atoms with Gasteiger partial charge in [0.15, 0.2) is 12.6 Å².